The lowest BCUT2D eigenvalue weighted by atomic mass is 10.2. The van der Waals surface area contributed by atoms with Crippen molar-refractivity contribution >= 4 is 26.7 Å². The molecule has 3 rings (SSSR count). The molecule has 0 atom stereocenters. The molecule has 4 nitrogen and oxygen atoms in total. The molecular weight excluding hydrogens is 270 g/mol. The zero-order valence-electron chi connectivity index (χ0n) is 10.5. The largest absolute Gasteiger partial charge is 0.489 e. The Kier molecular flexibility index (Phi) is 3.23. The number of thiazole rings is 1. The number of ether oxygens (including phenoxy) is 1. The fraction of sp³-hybridized carbons (Fsp3) is 0.0667. The van der Waals surface area contributed by atoms with Gasteiger partial charge in [-0.05, 0) is 35.9 Å². The first-order valence-corrected chi connectivity index (χ1v) is 6.84. The maximum atomic E-state index is 8.74. The summed E-state index contributed by atoms with van der Waals surface area (Å²) in [6.07, 6.45) is 0. The molecule has 0 bridgehead atoms. The predicted molar refractivity (Wildman–Crippen MR) is 79.5 cm³/mol. The number of benzene rings is 2. The molecule has 2 aromatic carbocycles. The maximum Gasteiger partial charge on any atom is 0.181 e. The summed E-state index contributed by atoms with van der Waals surface area (Å²) in [4.78, 5) is 4.20. The van der Waals surface area contributed by atoms with Crippen molar-refractivity contribution in [3.05, 3.63) is 53.6 Å². The molecule has 0 radical (unpaired) electrons. The number of hydrogen-bond acceptors (Lipinski definition) is 5. The van der Waals surface area contributed by atoms with Crippen LogP contribution in [0.1, 0.15) is 11.1 Å². The van der Waals surface area contributed by atoms with Gasteiger partial charge in [0, 0.05) is 0 Å². The number of nitrogens with zero attached hydrogens (tertiary/aromatic N) is 2. The minimum absolute atomic E-state index is 0.464. The second-order valence-electron chi connectivity index (χ2n) is 4.28. The van der Waals surface area contributed by atoms with E-state index in [2.05, 4.69) is 11.1 Å². The summed E-state index contributed by atoms with van der Waals surface area (Å²) in [5, 5.41) is 9.30. The van der Waals surface area contributed by atoms with Gasteiger partial charge < -0.3 is 10.5 Å². The monoisotopic (exact) mass is 281 g/mol. The molecule has 0 fully saturated rings. The number of rotatable bonds is 3. The van der Waals surface area contributed by atoms with Crippen LogP contribution < -0.4 is 10.5 Å². The van der Waals surface area contributed by atoms with Crippen LogP contribution in [0.2, 0.25) is 0 Å². The molecule has 3 aromatic rings. The molecular formula is C15H11N3OS. The summed E-state index contributed by atoms with van der Waals surface area (Å²) in [5.74, 6) is 0.783. The minimum atomic E-state index is 0.464. The number of fused-ring (bicyclic) bond motifs is 1. The van der Waals surface area contributed by atoms with Crippen LogP contribution >= 0.6 is 11.3 Å². The van der Waals surface area contributed by atoms with Gasteiger partial charge in [0.25, 0.3) is 0 Å². The Morgan fingerprint density at radius 2 is 2.00 bits per heavy atom. The quantitative estimate of drug-likeness (QED) is 0.799. The van der Waals surface area contributed by atoms with Gasteiger partial charge in [-0.1, -0.05) is 23.5 Å². The van der Waals surface area contributed by atoms with Gasteiger partial charge in [0.05, 0.1) is 21.8 Å². The summed E-state index contributed by atoms with van der Waals surface area (Å²) in [7, 11) is 0. The summed E-state index contributed by atoms with van der Waals surface area (Å²) < 4.78 is 6.75. The number of nitriles is 1. The van der Waals surface area contributed by atoms with Crippen molar-refractivity contribution in [3.8, 4) is 11.8 Å². The third-order valence-electron chi connectivity index (χ3n) is 2.86. The second kappa shape index (κ2) is 5.19. The van der Waals surface area contributed by atoms with E-state index in [-0.39, 0.29) is 0 Å². The third kappa shape index (κ3) is 2.56. The summed E-state index contributed by atoms with van der Waals surface area (Å²) >= 11 is 1.44. The molecule has 20 heavy (non-hydrogen) atoms. The highest BCUT2D eigenvalue weighted by Gasteiger charge is 2.03. The molecule has 98 valence electrons. The summed E-state index contributed by atoms with van der Waals surface area (Å²) in [5.41, 5.74) is 8.23. The molecule has 0 amide bonds. The molecule has 0 saturated heterocycles. The summed E-state index contributed by atoms with van der Waals surface area (Å²) in [6, 6.07) is 15.2. The Labute approximate surface area is 120 Å². The van der Waals surface area contributed by atoms with Gasteiger partial charge in [-0.25, -0.2) is 4.98 Å². The van der Waals surface area contributed by atoms with E-state index in [0.717, 1.165) is 21.5 Å². The normalized spacial score (nSPS) is 10.3. The molecule has 0 aliphatic heterocycles. The average molecular weight is 281 g/mol. The smallest absolute Gasteiger partial charge is 0.181 e. The van der Waals surface area contributed by atoms with Crippen molar-refractivity contribution in [2.24, 2.45) is 0 Å². The Morgan fingerprint density at radius 3 is 2.75 bits per heavy atom. The highest BCUT2D eigenvalue weighted by Crippen LogP contribution is 2.27. The zero-order valence-corrected chi connectivity index (χ0v) is 11.4. The topological polar surface area (TPSA) is 71.9 Å². The molecule has 0 spiro atoms. The van der Waals surface area contributed by atoms with Gasteiger partial charge in [-0.2, -0.15) is 5.26 Å². The van der Waals surface area contributed by atoms with E-state index >= 15 is 0 Å². The van der Waals surface area contributed by atoms with Gasteiger partial charge in [-0.15, -0.1) is 0 Å². The van der Waals surface area contributed by atoms with E-state index in [9.17, 15) is 0 Å². The Hall–Kier alpha value is -2.58. The van der Waals surface area contributed by atoms with E-state index in [0.29, 0.717) is 17.3 Å². The Morgan fingerprint density at radius 1 is 1.20 bits per heavy atom. The predicted octanol–water partition coefficient (Wildman–Crippen LogP) is 3.33. The lowest BCUT2D eigenvalue weighted by molar-refractivity contribution is 0.306. The number of aromatic nitrogens is 1. The van der Waals surface area contributed by atoms with Gasteiger partial charge in [-0.3, -0.25) is 0 Å². The van der Waals surface area contributed by atoms with E-state index in [1.54, 1.807) is 12.1 Å². The van der Waals surface area contributed by atoms with Gasteiger partial charge in [0.15, 0.2) is 5.13 Å². The first-order chi connectivity index (χ1) is 9.74. The minimum Gasteiger partial charge on any atom is -0.489 e. The van der Waals surface area contributed by atoms with Gasteiger partial charge >= 0.3 is 0 Å². The van der Waals surface area contributed by atoms with E-state index in [1.165, 1.54) is 11.3 Å². The fourth-order valence-electron chi connectivity index (χ4n) is 1.85. The zero-order chi connectivity index (χ0) is 13.9. The van der Waals surface area contributed by atoms with Crippen LogP contribution in [-0.4, -0.2) is 4.98 Å². The maximum absolute atomic E-state index is 8.74. The molecule has 1 heterocycles. The van der Waals surface area contributed by atoms with Crippen LogP contribution in [0.15, 0.2) is 42.5 Å². The van der Waals surface area contributed by atoms with Crippen molar-refractivity contribution < 1.29 is 4.74 Å². The van der Waals surface area contributed by atoms with Crippen LogP contribution in [0.4, 0.5) is 5.13 Å². The van der Waals surface area contributed by atoms with Crippen molar-refractivity contribution in [2.75, 3.05) is 5.73 Å². The van der Waals surface area contributed by atoms with Crippen molar-refractivity contribution in [1.82, 2.24) is 4.98 Å². The van der Waals surface area contributed by atoms with Crippen molar-refractivity contribution in [1.29, 1.82) is 5.26 Å². The van der Waals surface area contributed by atoms with E-state index < -0.39 is 0 Å². The number of anilines is 1. The number of nitrogen functional groups attached to an aromatic ring is 1. The average Bonchev–Trinajstić information content (AvgIpc) is 2.85. The van der Waals surface area contributed by atoms with E-state index in [1.807, 2.05) is 30.3 Å². The molecule has 0 aliphatic carbocycles. The van der Waals surface area contributed by atoms with Crippen LogP contribution in [0, 0.1) is 11.3 Å². The molecule has 2 N–H and O–H groups in total. The molecule has 0 saturated carbocycles. The lowest BCUT2D eigenvalue weighted by Crippen LogP contribution is -1.95. The SMILES string of the molecule is N#Cc1ccc(COc2ccc3nc(N)sc3c2)cc1. The Bertz CT molecular complexity index is 787. The number of nitrogens with two attached hydrogens (primary N) is 1. The van der Waals surface area contributed by atoms with Crippen LogP contribution in [0.25, 0.3) is 10.2 Å². The standard InChI is InChI=1S/C15H11N3OS/c16-8-10-1-3-11(4-2-10)9-19-12-5-6-13-14(7-12)20-15(17)18-13/h1-7H,9H2,(H2,17,18). The lowest BCUT2D eigenvalue weighted by Gasteiger charge is -2.06. The van der Waals surface area contributed by atoms with E-state index in [4.69, 9.17) is 15.7 Å². The second-order valence-corrected chi connectivity index (χ2v) is 5.34. The highest BCUT2D eigenvalue weighted by molar-refractivity contribution is 7.22. The van der Waals surface area contributed by atoms with Crippen molar-refractivity contribution in [3.63, 3.8) is 0 Å². The fourth-order valence-corrected chi connectivity index (χ4v) is 2.62. The third-order valence-corrected chi connectivity index (χ3v) is 3.71. The first-order valence-electron chi connectivity index (χ1n) is 6.02. The molecule has 0 aliphatic rings. The van der Waals surface area contributed by atoms with Gasteiger partial charge in [0.1, 0.15) is 12.4 Å². The first kappa shape index (κ1) is 12.5. The van der Waals surface area contributed by atoms with Crippen molar-refractivity contribution in [2.45, 2.75) is 6.61 Å². The molecule has 0 unspecified atom stereocenters. The van der Waals surface area contributed by atoms with Crippen LogP contribution in [-0.2, 0) is 6.61 Å². The summed E-state index contributed by atoms with van der Waals surface area (Å²) in [6.45, 7) is 0.464. The van der Waals surface area contributed by atoms with Gasteiger partial charge in [0.2, 0.25) is 0 Å². The highest BCUT2D eigenvalue weighted by atomic mass is 32.1. The van der Waals surface area contributed by atoms with Crippen LogP contribution in [0.5, 0.6) is 5.75 Å². The number of hydrogen-bond donors (Lipinski definition) is 1. The molecule has 1 aromatic heterocycles. The van der Waals surface area contributed by atoms with Crippen LogP contribution in [0.3, 0.4) is 0 Å². The molecule has 5 heteroatoms. The Balaban J connectivity index is 1.74.